The van der Waals surface area contributed by atoms with Gasteiger partial charge in [-0.15, -0.1) is 0 Å². The minimum atomic E-state index is -0.277. The third-order valence-corrected chi connectivity index (χ3v) is 2.70. The van der Waals surface area contributed by atoms with Crippen LogP contribution in [0.2, 0.25) is 5.02 Å². The fourth-order valence-corrected chi connectivity index (χ4v) is 1.63. The van der Waals surface area contributed by atoms with Crippen LogP contribution < -0.4 is 10.6 Å². The Labute approximate surface area is 110 Å². The van der Waals surface area contributed by atoms with Gasteiger partial charge in [-0.1, -0.05) is 29.8 Å². The summed E-state index contributed by atoms with van der Waals surface area (Å²) < 4.78 is 0. The van der Waals surface area contributed by atoms with E-state index in [9.17, 15) is 4.79 Å². The molecule has 5 heteroatoms. The Morgan fingerprint density at radius 3 is 2.61 bits per heavy atom. The number of amides is 2. The molecule has 18 heavy (non-hydrogen) atoms. The molecule has 92 valence electrons. The molecule has 2 rings (SSSR count). The van der Waals surface area contributed by atoms with Gasteiger partial charge in [0.1, 0.15) is 0 Å². The van der Waals surface area contributed by atoms with Crippen molar-refractivity contribution in [2.45, 2.75) is 6.54 Å². The summed E-state index contributed by atoms with van der Waals surface area (Å²) in [5.41, 5.74) is 1.57. The van der Waals surface area contributed by atoms with E-state index in [0.29, 0.717) is 17.3 Å². The largest absolute Gasteiger partial charge is 0.334 e. The zero-order valence-electron chi connectivity index (χ0n) is 9.56. The molecule has 0 aliphatic carbocycles. The quantitative estimate of drug-likeness (QED) is 0.892. The zero-order chi connectivity index (χ0) is 12.8. The number of hydrogen-bond donors (Lipinski definition) is 2. The maximum Gasteiger partial charge on any atom is 0.319 e. The number of pyridine rings is 1. The summed E-state index contributed by atoms with van der Waals surface area (Å²) >= 11 is 5.99. The highest BCUT2D eigenvalue weighted by Crippen LogP contribution is 2.14. The number of urea groups is 1. The van der Waals surface area contributed by atoms with E-state index in [-0.39, 0.29) is 6.03 Å². The second-order valence-corrected chi connectivity index (χ2v) is 4.04. The molecule has 1 heterocycles. The molecule has 2 aromatic rings. The number of nitrogens with one attached hydrogen (secondary N) is 2. The molecule has 0 radical (unpaired) electrons. The highest BCUT2D eigenvalue weighted by atomic mass is 35.5. The molecule has 0 aliphatic rings. The SMILES string of the molecule is O=C(NCc1ccccc1Cl)Nc1ccncc1. The van der Waals surface area contributed by atoms with E-state index < -0.39 is 0 Å². The molecule has 0 unspecified atom stereocenters. The molecular weight excluding hydrogens is 250 g/mol. The Hall–Kier alpha value is -2.07. The Morgan fingerprint density at radius 1 is 1.17 bits per heavy atom. The van der Waals surface area contributed by atoms with Gasteiger partial charge in [0.2, 0.25) is 0 Å². The van der Waals surface area contributed by atoms with Crippen LogP contribution in [0.3, 0.4) is 0 Å². The molecule has 0 saturated carbocycles. The van der Waals surface area contributed by atoms with Gasteiger partial charge in [0, 0.05) is 29.6 Å². The number of carbonyl (C=O) groups excluding carboxylic acids is 1. The Kier molecular flexibility index (Phi) is 4.15. The van der Waals surface area contributed by atoms with Gasteiger partial charge in [0.05, 0.1) is 0 Å². The van der Waals surface area contributed by atoms with Crippen LogP contribution in [-0.2, 0) is 6.54 Å². The van der Waals surface area contributed by atoms with Crippen LogP contribution in [0.15, 0.2) is 48.8 Å². The number of halogens is 1. The normalized spacial score (nSPS) is 9.83. The zero-order valence-corrected chi connectivity index (χ0v) is 10.3. The topological polar surface area (TPSA) is 54.0 Å². The number of hydrogen-bond acceptors (Lipinski definition) is 2. The highest BCUT2D eigenvalue weighted by molar-refractivity contribution is 6.31. The molecule has 0 spiro atoms. The molecular formula is C13H12ClN3O. The lowest BCUT2D eigenvalue weighted by atomic mass is 10.2. The third kappa shape index (κ3) is 3.46. The highest BCUT2D eigenvalue weighted by Gasteiger charge is 2.03. The fraction of sp³-hybridized carbons (Fsp3) is 0.0769. The van der Waals surface area contributed by atoms with E-state index in [4.69, 9.17) is 11.6 Å². The summed E-state index contributed by atoms with van der Waals surface area (Å²) in [4.78, 5) is 15.5. The van der Waals surface area contributed by atoms with Crippen molar-refractivity contribution in [2.75, 3.05) is 5.32 Å². The lowest BCUT2D eigenvalue weighted by Crippen LogP contribution is -2.28. The Morgan fingerprint density at radius 2 is 1.89 bits per heavy atom. The van der Waals surface area contributed by atoms with Gasteiger partial charge in [-0.25, -0.2) is 4.79 Å². The van der Waals surface area contributed by atoms with E-state index in [1.165, 1.54) is 0 Å². The lowest BCUT2D eigenvalue weighted by Gasteiger charge is -2.08. The van der Waals surface area contributed by atoms with Gasteiger partial charge in [-0.2, -0.15) is 0 Å². The third-order valence-electron chi connectivity index (χ3n) is 2.34. The van der Waals surface area contributed by atoms with Crippen molar-refractivity contribution in [1.82, 2.24) is 10.3 Å². The molecule has 0 atom stereocenters. The van der Waals surface area contributed by atoms with E-state index >= 15 is 0 Å². The maximum atomic E-state index is 11.6. The first-order valence-electron chi connectivity index (χ1n) is 5.44. The van der Waals surface area contributed by atoms with Crippen LogP contribution in [0.4, 0.5) is 10.5 Å². The van der Waals surface area contributed by atoms with Crippen LogP contribution in [0, 0.1) is 0 Å². The second-order valence-electron chi connectivity index (χ2n) is 3.63. The smallest absolute Gasteiger partial charge is 0.319 e. The van der Waals surface area contributed by atoms with Crippen LogP contribution in [0.25, 0.3) is 0 Å². The molecule has 2 N–H and O–H groups in total. The van der Waals surface area contributed by atoms with E-state index in [2.05, 4.69) is 15.6 Å². The first-order chi connectivity index (χ1) is 8.75. The summed E-state index contributed by atoms with van der Waals surface area (Å²) in [6.07, 6.45) is 3.23. The molecule has 0 saturated heterocycles. The van der Waals surface area contributed by atoms with Crippen molar-refractivity contribution in [2.24, 2.45) is 0 Å². The van der Waals surface area contributed by atoms with Gasteiger partial charge in [0.15, 0.2) is 0 Å². The van der Waals surface area contributed by atoms with Crippen LogP contribution in [-0.4, -0.2) is 11.0 Å². The lowest BCUT2D eigenvalue weighted by molar-refractivity contribution is 0.251. The molecule has 2 amide bonds. The van der Waals surface area contributed by atoms with Gasteiger partial charge in [0.25, 0.3) is 0 Å². The minimum absolute atomic E-state index is 0.277. The average molecular weight is 262 g/mol. The summed E-state index contributed by atoms with van der Waals surface area (Å²) in [7, 11) is 0. The average Bonchev–Trinajstić information content (AvgIpc) is 2.39. The summed E-state index contributed by atoms with van der Waals surface area (Å²) in [5.74, 6) is 0. The number of nitrogens with zero attached hydrogens (tertiary/aromatic N) is 1. The number of rotatable bonds is 3. The van der Waals surface area contributed by atoms with Crippen molar-refractivity contribution in [3.63, 3.8) is 0 Å². The first-order valence-corrected chi connectivity index (χ1v) is 5.82. The Bertz CT molecular complexity index is 531. The number of carbonyl (C=O) groups is 1. The molecule has 1 aromatic carbocycles. The van der Waals surface area contributed by atoms with Crippen molar-refractivity contribution in [3.8, 4) is 0 Å². The van der Waals surface area contributed by atoms with E-state index in [1.54, 1.807) is 30.6 Å². The predicted octanol–water partition coefficient (Wildman–Crippen LogP) is 3.06. The number of anilines is 1. The predicted molar refractivity (Wildman–Crippen MR) is 71.5 cm³/mol. The van der Waals surface area contributed by atoms with Gasteiger partial charge >= 0.3 is 6.03 Å². The fourth-order valence-electron chi connectivity index (χ4n) is 1.43. The van der Waals surface area contributed by atoms with Gasteiger partial charge < -0.3 is 10.6 Å². The Balaban J connectivity index is 1.88. The van der Waals surface area contributed by atoms with Crippen LogP contribution in [0.5, 0.6) is 0 Å². The van der Waals surface area contributed by atoms with E-state index in [0.717, 1.165) is 5.56 Å². The van der Waals surface area contributed by atoms with Crippen molar-refractivity contribution < 1.29 is 4.79 Å². The summed E-state index contributed by atoms with van der Waals surface area (Å²) in [6, 6.07) is 10.5. The summed E-state index contributed by atoms with van der Waals surface area (Å²) in [5, 5.41) is 6.07. The minimum Gasteiger partial charge on any atom is -0.334 e. The molecule has 0 fully saturated rings. The van der Waals surface area contributed by atoms with Crippen LogP contribution >= 0.6 is 11.6 Å². The van der Waals surface area contributed by atoms with E-state index in [1.807, 2.05) is 18.2 Å². The second kappa shape index (κ2) is 6.02. The number of aromatic nitrogens is 1. The number of benzene rings is 1. The standard InChI is InChI=1S/C13H12ClN3O/c14-12-4-2-1-3-10(12)9-16-13(18)17-11-5-7-15-8-6-11/h1-8H,9H2,(H2,15,16,17,18). The maximum absolute atomic E-state index is 11.6. The molecule has 0 aliphatic heterocycles. The van der Waals surface area contributed by atoms with Crippen molar-refractivity contribution in [1.29, 1.82) is 0 Å². The molecule has 4 nitrogen and oxygen atoms in total. The molecule has 1 aromatic heterocycles. The van der Waals surface area contributed by atoms with Crippen LogP contribution in [0.1, 0.15) is 5.56 Å². The van der Waals surface area contributed by atoms with Crippen molar-refractivity contribution >= 4 is 23.3 Å². The van der Waals surface area contributed by atoms with Gasteiger partial charge in [-0.3, -0.25) is 4.98 Å². The van der Waals surface area contributed by atoms with Gasteiger partial charge in [-0.05, 0) is 23.8 Å². The van der Waals surface area contributed by atoms with Crippen molar-refractivity contribution in [3.05, 3.63) is 59.4 Å². The first kappa shape index (κ1) is 12.4. The molecule has 0 bridgehead atoms. The summed E-state index contributed by atoms with van der Waals surface area (Å²) in [6.45, 7) is 0.386. The monoisotopic (exact) mass is 261 g/mol.